The third-order valence-electron chi connectivity index (χ3n) is 8.55. The van der Waals surface area contributed by atoms with Crippen LogP contribution < -0.4 is 16.0 Å². The number of aromatic nitrogens is 6. The number of fused-ring (bicyclic) bond motifs is 1. The lowest BCUT2D eigenvalue weighted by Gasteiger charge is -2.14. The van der Waals surface area contributed by atoms with E-state index in [4.69, 9.17) is 15.1 Å². The molecule has 9 nitrogen and oxygen atoms in total. The van der Waals surface area contributed by atoms with Crippen LogP contribution in [0.5, 0.6) is 0 Å². The summed E-state index contributed by atoms with van der Waals surface area (Å²) in [6.45, 7) is 0. The van der Waals surface area contributed by atoms with Crippen molar-refractivity contribution in [3.05, 3.63) is 42.7 Å². The summed E-state index contributed by atoms with van der Waals surface area (Å²) >= 11 is 0. The van der Waals surface area contributed by atoms with E-state index in [1.807, 2.05) is 29.0 Å². The highest BCUT2D eigenvalue weighted by molar-refractivity contribution is 5.91. The number of rotatable bonds is 8. The van der Waals surface area contributed by atoms with Crippen LogP contribution in [0.25, 0.3) is 28.2 Å². The summed E-state index contributed by atoms with van der Waals surface area (Å²) in [5.41, 5.74) is 4.41. The van der Waals surface area contributed by atoms with Crippen molar-refractivity contribution in [1.29, 1.82) is 0 Å². The molecule has 0 bridgehead atoms. The average molecular weight is 524 g/mol. The second-order valence-electron chi connectivity index (χ2n) is 11.3. The first-order valence-corrected chi connectivity index (χ1v) is 14.8. The Morgan fingerprint density at radius 1 is 0.615 bits per heavy atom. The van der Waals surface area contributed by atoms with Crippen molar-refractivity contribution >= 4 is 23.2 Å². The van der Waals surface area contributed by atoms with Gasteiger partial charge in [-0.05, 0) is 62.8 Å². The zero-order valence-electron chi connectivity index (χ0n) is 22.4. The maximum Gasteiger partial charge on any atom is 0.223 e. The quantitative estimate of drug-likeness (QED) is 0.247. The molecule has 4 heterocycles. The summed E-state index contributed by atoms with van der Waals surface area (Å²) in [6.07, 6.45) is 18.3. The third kappa shape index (κ3) is 5.14. The van der Waals surface area contributed by atoms with Gasteiger partial charge in [-0.15, -0.1) is 0 Å². The Balaban J connectivity index is 1.32. The Hall–Kier alpha value is -3.75. The Morgan fingerprint density at radius 3 is 1.77 bits per heavy atom. The molecule has 0 spiro atoms. The van der Waals surface area contributed by atoms with Gasteiger partial charge in [0.05, 0.1) is 22.5 Å². The molecular formula is C30H37N9. The monoisotopic (exact) mass is 523 g/mol. The van der Waals surface area contributed by atoms with Crippen LogP contribution in [0.4, 0.5) is 17.7 Å². The van der Waals surface area contributed by atoms with Gasteiger partial charge in [-0.2, -0.15) is 5.10 Å². The molecule has 9 heteroatoms. The van der Waals surface area contributed by atoms with Crippen molar-refractivity contribution in [2.75, 3.05) is 16.0 Å². The van der Waals surface area contributed by atoms with E-state index in [1.165, 1.54) is 77.0 Å². The minimum atomic E-state index is 0.439. The van der Waals surface area contributed by atoms with Crippen LogP contribution in [-0.4, -0.2) is 47.7 Å². The van der Waals surface area contributed by atoms with Crippen LogP contribution >= 0.6 is 0 Å². The van der Waals surface area contributed by atoms with Gasteiger partial charge in [-0.1, -0.05) is 44.6 Å². The van der Waals surface area contributed by atoms with Crippen molar-refractivity contribution in [3.63, 3.8) is 0 Å². The van der Waals surface area contributed by atoms with E-state index in [2.05, 4.69) is 44.1 Å². The predicted octanol–water partition coefficient (Wildman–Crippen LogP) is 6.31. The van der Waals surface area contributed by atoms with E-state index in [-0.39, 0.29) is 0 Å². The highest BCUT2D eigenvalue weighted by Crippen LogP contribution is 2.36. The van der Waals surface area contributed by atoms with E-state index in [1.54, 1.807) is 0 Å². The van der Waals surface area contributed by atoms with E-state index in [9.17, 15) is 0 Å². The zero-order valence-corrected chi connectivity index (χ0v) is 22.4. The number of anilines is 3. The van der Waals surface area contributed by atoms with Gasteiger partial charge < -0.3 is 16.0 Å². The van der Waals surface area contributed by atoms with Crippen LogP contribution in [0.2, 0.25) is 0 Å². The van der Waals surface area contributed by atoms with Gasteiger partial charge in [0.25, 0.3) is 0 Å². The van der Waals surface area contributed by atoms with Gasteiger partial charge >= 0.3 is 0 Å². The summed E-state index contributed by atoms with van der Waals surface area (Å²) in [5, 5.41) is 16.0. The third-order valence-corrected chi connectivity index (χ3v) is 8.55. The predicted molar refractivity (Wildman–Crippen MR) is 155 cm³/mol. The largest absolute Gasteiger partial charge is 0.367 e. The number of pyridine rings is 1. The Labute approximate surface area is 229 Å². The molecule has 39 heavy (non-hydrogen) atoms. The molecule has 4 aromatic heterocycles. The molecule has 3 saturated carbocycles. The topological polar surface area (TPSA) is 105 Å². The van der Waals surface area contributed by atoms with Crippen LogP contribution in [0.3, 0.4) is 0 Å². The van der Waals surface area contributed by atoms with E-state index in [0.29, 0.717) is 30.0 Å². The maximum atomic E-state index is 5.16. The van der Waals surface area contributed by atoms with Gasteiger partial charge in [-0.3, -0.25) is 0 Å². The van der Waals surface area contributed by atoms with E-state index < -0.39 is 0 Å². The van der Waals surface area contributed by atoms with Gasteiger partial charge in [0.2, 0.25) is 11.9 Å². The second kappa shape index (κ2) is 10.8. The molecule has 0 unspecified atom stereocenters. The second-order valence-corrected chi connectivity index (χ2v) is 11.3. The number of hydrogen-bond acceptors (Lipinski definition) is 8. The molecule has 0 amide bonds. The van der Waals surface area contributed by atoms with Crippen molar-refractivity contribution < 1.29 is 0 Å². The fraction of sp³-hybridized carbons (Fsp3) is 0.500. The van der Waals surface area contributed by atoms with Crippen molar-refractivity contribution in [3.8, 4) is 22.6 Å². The van der Waals surface area contributed by atoms with Crippen LogP contribution in [0.1, 0.15) is 77.0 Å². The SMILES string of the molecule is c1cc(NC2CCCC2)n2nc(-c3ccnc(NC4CCCC4)n3)c(-c3ccnc(NC4CCCC4)n3)c2c1. The molecule has 3 fully saturated rings. The molecule has 0 aliphatic heterocycles. The molecule has 0 atom stereocenters. The minimum Gasteiger partial charge on any atom is -0.367 e. The number of nitrogens with zero attached hydrogens (tertiary/aromatic N) is 6. The Bertz CT molecular complexity index is 1430. The molecule has 3 aliphatic carbocycles. The van der Waals surface area contributed by atoms with Crippen LogP contribution in [-0.2, 0) is 0 Å². The minimum absolute atomic E-state index is 0.439. The molecule has 0 aromatic carbocycles. The first kappa shape index (κ1) is 24.3. The summed E-state index contributed by atoms with van der Waals surface area (Å²) in [7, 11) is 0. The molecule has 202 valence electrons. The molecule has 4 aromatic rings. The molecule has 7 rings (SSSR count). The lowest BCUT2D eigenvalue weighted by atomic mass is 10.1. The molecule has 0 radical (unpaired) electrons. The fourth-order valence-corrected chi connectivity index (χ4v) is 6.52. The Morgan fingerprint density at radius 2 is 1.15 bits per heavy atom. The van der Waals surface area contributed by atoms with E-state index >= 15 is 0 Å². The van der Waals surface area contributed by atoms with Crippen molar-refractivity contribution in [2.24, 2.45) is 0 Å². The molecule has 3 aliphatic rings. The number of nitrogens with one attached hydrogen (secondary N) is 3. The molecule has 3 N–H and O–H groups in total. The summed E-state index contributed by atoms with van der Waals surface area (Å²) < 4.78 is 2.03. The Kier molecular flexibility index (Phi) is 6.72. The van der Waals surface area contributed by atoms with Crippen LogP contribution in [0, 0.1) is 0 Å². The highest BCUT2D eigenvalue weighted by atomic mass is 15.3. The van der Waals surface area contributed by atoms with Crippen LogP contribution in [0.15, 0.2) is 42.7 Å². The first-order chi connectivity index (χ1) is 19.3. The lowest BCUT2D eigenvalue weighted by molar-refractivity contribution is 0.741. The first-order valence-electron chi connectivity index (χ1n) is 14.8. The van der Waals surface area contributed by atoms with Gasteiger partial charge in [0.1, 0.15) is 11.5 Å². The highest BCUT2D eigenvalue weighted by Gasteiger charge is 2.24. The van der Waals surface area contributed by atoms with Gasteiger partial charge in [-0.25, -0.2) is 24.5 Å². The van der Waals surface area contributed by atoms with Crippen molar-refractivity contribution in [2.45, 2.75) is 95.2 Å². The number of hydrogen-bond donors (Lipinski definition) is 3. The van der Waals surface area contributed by atoms with E-state index in [0.717, 1.165) is 34.0 Å². The van der Waals surface area contributed by atoms with Gasteiger partial charge in [0, 0.05) is 30.5 Å². The molecular weight excluding hydrogens is 486 g/mol. The maximum absolute atomic E-state index is 5.16. The summed E-state index contributed by atoms with van der Waals surface area (Å²) in [6, 6.07) is 11.6. The summed E-state index contributed by atoms with van der Waals surface area (Å²) in [5.74, 6) is 2.35. The standard InChI is InChI=1S/C30H37N9/c1-2-9-20(8-1)33-26-15-7-14-25-27(23-16-18-31-29(36-23)34-21-10-3-4-11-21)28(38-39(25)26)24-17-19-32-30(37-24)35-22-12-5-6-13-22/h7,14-22,33H,1-6,8-13H2,(H,31,34,36)(H,32,35,37). The normalized spacial score (nSPS) is 18.8. The van der Waals surface area contributed by atoms with Gasteiger partial charge in [0.15, 0.2) is 0 Å². The average Bonchev–Trinajstić information content (AvgIpc) is 3.77. The molecule has 0 saturated heterocycles. The van der Waals surface area contributed by atoms with Crippen molar-refractivity contribution in [1.82, 2.24) is 29.5 Å². The smallest absolute Gasteiger partial charge is 0.223 e. The zero-order chi connectivity index (χ0) is 26.0. The fourth-order valence-electron chi connectivity index (χ4n) is 6.52. The lowest BCUT2D eigenvalue weighted by Crippen LogP contribution is -2.17. The summed E-state index contributed by atoms with van der Waals surface area (Å²) in [4.78, 5) is 19.0.